The summed E-state index contributed by atoms with van der Waals surface area (Å²) in [6.07, 6.45) is 6.99. The number of rotatable bonds is 6. The Bertz CT molecular complexity index is 915. The van der Waals surface area contributed by atoms with Crippen LogP contribution in [0.5, 0.6) is 0 Å². The molecule has 0 bridgehead atoms. The quantitative estimate of drug-likeness (QED) is 0.540. The zero-order chi connectivity index (χ0) is 16.9. The highest BCUT2D eigenvalue weighted by Crippen LogP contribution is 2.20. The van der Waals surface area contributed by atoms with Crippen LogP contribution < -0.4 is 0 Å². The summed E-state index contributed by atoms with van der Waals surface area (Å²) in [5.41, 5.74) is 2.24. The molecule has 0 aliphatic carbocycles. The lowest BCUT2D eigenvalue weighted by molar-refractivity contribution is 0.489. The van der Waals surface area contributed by atoms with Crippen molar-refractivity contribution in [2.75, 3.05) is 0 Å². The van der Waals surface area contributed by atoms with E-state index in [2.05, 4.69) is 44.0 Å². The van der Waals surface area contributed by atoms with Gasteiger partial charge in [-0.2, -0.15) is 0 Å². The van der Waals surface area contributed by atoms with E-state index in [9.17, 15) is 0 Å². The Morgan fingerprint density at radius 3 is 2.56 bits per heavy atom. The summed E-state index contributed by atoms with van der Waals surface area (Å²) >= 11 is 0. The molecule has 1 aromatic carbocycles. The molecular formula is C20H18N4O. The second-order valence-electron chi connectivity index (χ2n) is 5.83. The van der Waals surface area contributed by atoms with Gasteiger partial charge in [-0.15, -0.1) is 10.2 Å². The van der Waals surface area contributed by atoms with Crippen LogP contribution in [0.4, 0.5) is 0 Å². The Morgan fingerprint density at radius 2 is 1.80 bits per heavy atom. The maximum Gasteiger partial charge on any atom is 0.165 e. The molecule has 3 heterocycles. The Kier molecular flexibility index (Phi) is 4.37. The van der Waals surface area contributed by atoms with Crippen molar-refractivity contribution < 1.29 is 4.42 Å². The Labute approximate surface area is 146 Å². The lowest BCUT2D eigenvalue weighted by atomic mass is 10.1. The number of aryl methyl sites for hydroxylation is 2. The summed E-state index contributed by atoms with van der Waals surface area (Å²) in [6, 6.07) is 18.2. The SMILES string of the molecule is c1ccc(CCc2nnc(-c3cccnc3)n2Cc2ccco2)cc1. The van der Waals surface area contributed by atoms with Gasteiger partial charge in [0.15, 0.2) is 5.82 Å². The van der Waals surface area contributed by atoms with Gasteiger partial charge < -0.3 is 8.98 Å². The third-order valence-corrected chi connectivity index (χ3v) is 4.12. The number of hydrogen-bond acceptors (Lipinski definition) is 4. The van der Waals surface area contributed by atoms with Crippen LogP contribution in [0.15, 0.2) is 77.7 Å². The Balaban J connectivity index is 1.65. The molecule has 5 nitrogen and oxygen atoms in total. The highest BCUT2D eigenvalue weighted by molar-refractivity contribution is 5.53. The molecule has 4 aromatic rings. The molecule has 4 rings (SSSR count). The minimum atomic E-state index is 0.606. The summed E-state index contributed by atoms with van der Waals surface area (Å²) in [5, 5.41) is 8.84. The van der Waals surface area contributed by atoms with E-state index in [1.165, 1.54) is 5.56 Å². The summed E-state index contributed by atoms with van der Waals surface area (Å²) in [5.74, 6) is 2.64. The van der Waals surface area contributed by atoms with Gasteiger partial charge in [0.1, 0.15) is 11.6 Å². The number of aromatic nitrogens is 4. The molecule has 0 unspecified atom stereocenters. The molecule has 0 amide bonds. The molecule has 0 radical (unpaired) electrons. The second-order valence-corrected chi connectivity index (χ2v) is 5.83. The molecule has 0 atom stereocenters. The molecule has 0 saturated heterocycles. The summed E-state index contributed by atoms with van der Waals surface area (Å²) in [7, 11) is 0. The maximum absolute atomic E-state index is 5.52. The van der Waals surface area contributed by atoms with Crippen LogP contribution in [0, 0.1) is 0 Å². The van der Waals surface area contributed by atoms with Crippen molar-refractivity contribution in [1.29, 1.82) is 0 Å². The van der Waals surface area contributed by atoms with E-state index in [1.807, 2.05) is 36.5 Å². The molecule has 0 saturated carbocycles. The average molecular weight is 330 g/mol. The van der Waals surface area contributed by atoms with Gasteiger partial charge in [0.25, 0.3) is 0 Å². The normalized spacial score (nSPS) is 10.9. The van der Waals surface area contributed by atoms with Crippen molar-refractivity contribution >= 4 is 0 Å². The highest BCUT2D eigenvalue weighted by Gasteiger charge is 2.15. The van der Waals surface area contributed by atoms with Gasteiger partial charge in [-0.1, -0.05) is 30.3 Å². The zero-order valence-electron chi connectivity index (χ0n) is 13.7. The van der Waals surface area contributed by atoms with E-state index in [-0.39, 0.29) is 0 Å². The van der Waals surface area contributed by atoms with Crippen LogP contribution in [0.1, 0.15) is 17.1 Å². The van der Waals surface area contributed by atoms with Crippen LogP contribution in [-0.4, -0.2) is 19.7 Å². The third-order valence-electron chi connectivity index (χ3n) is 4.12. The number of benzene rings is 1. The molecular weight excluding hydrogens is 312 g/mol. The van der Waals surface area contributed by atoms with E-state index >= 15 is 0 Å². The Morgan fingerprint density at radius 1 is 0.880 bits per heavy atom. The van der Waals surface area contributed by atoms with Crippen molar-refractivity contribution in [3.8, 4) is 11.4 Å². The summed E-state index contributed by atoms with van der Waals surface area (Å²) in [4.78, 5) is 4.20. The molecule has 0 aliphatic rings. The molecule has 0 spiro atoms. The van der Waals surface area contributed by atoms with Crippen LogP contribution >= 0.6 is 0 Å². The van der Waals surface area contributed by atoms with E-state index in [4.69, 9.17) is 4.42 Å². The van der Waals surface area contributed by atoms with Crippen LogP contribution in [-0.2, 0) is 19.4 Å². The van der Waals surface area contributed by atoms with E-state index in [0.717, 1.165) is 35.8 Å². The standard InChI is InChI=1S/C20H18N4O/c1-2-6-16(7-3-1)10-11-19-22-23-20(17-8-4-12-21-14-17)24(19)15-18-9-5-13-25-18/h1-9,12-14H,10-11,15H2. The predicted octanol–water partition coefficient (Wildman–Crippen LogP) is 3.77. The first-order valence-corrected chi connectivity index (χ1v) is 8.29. The number of furan rings is 1. The minimum absolute atomic E-state index is 0.606. The summed E-state index contributed by atoms with van der Waals surface area (Å²) in [6.45, 7) is 0.606. The van der Waals surface area contributed by atoms with Crippen LogP contribution in [0.25, 0.3) is 11.4 Å². The molecule has 0 N–H and O–H groups in total. The fourth-order valence-electron chi connectivity index (χ4n) is 2.85. The van der Waals surface area contributed by atoms with Gasteiger partial charge in [0, 0.05) is 24.4 Å². The van der Waals surface area contributed by atoms with Gasteiger partial charge in [-0.05, 0) is 36.2 Å². The van der Waals surface area contributed by atoms with Crippen molar-refractivity contribution in [3.05, 3.63) is 90.4 Å². The van der Waals surface area contributed by atoms with Gasteiger partial charge in [0.2, 0.25) is 0 Å². The molecule has 3 aromatic heterocycles. The highest BCUT2D eigenvalue weighted by atomic mass is 16.3. The third kappa shape index (κ3) is 3.50. The fraction of sp³-hybridized carbons (Fsp3) is 0.150. The second kappa shape index (κ2) is 7.13. The predicted molar refractivity (Wildman–Crippen MR) is 94.9 cm³/mol. The van der Waals surface area contributed by atoms with Crippen LogP contribution in [0.2, 0.25) is 0 Å². The maximum atomic E-state index is 5.52. The number of hydrogen-bond donors (Lipinski definition) is 0. The molecule has 5 heteroatoms. The van der Waals surface area contributed by atoms with Crippen LogP contribution in [0.3, 0.4) is 0 Å². The van der Waals surface area contributed by atoms with Crippen molar-refractivity contribution in [1.82, 2.24) is 19.7 Å². The first-order valence-electron chi connectivity index (χ1n) is 8.29. The molecule has 124 valence electrons. The summed E-state index contributed by atoms with van der Waals surface area (Å²) < 4.78 is 7.63. The van der Waals surface area contributed by atoms with Gasteiger partial charge in [-0.3, -0.25) is 4.98 Å². The lowest BCUT2D eigenvalue weighted by Gasteiger charge is -2.09. The molecule has 0 aliphatic heterocycles. The van der Waals surface area contributed by atoms with Gasteiger partial charge in [-0.25, -0.2) is 0 Å². The minimum Gasteiger partial charge on any atom is -0.467 e. The zero-order valence-corrected chi connectivity index (χ0v) is 13.7. The lowest BCUT2D eigenvalue weighted by Crippen LogP contribution is -2.08. The fourth-order valence-corrected chi connectivity index (χ4v) is 2.85. The van der Waals surface area contributed by atoms with Crippen molar-refractivity contribution in [2.45, 2.75) is 19.4 Å². The van der Waals surface area contributed by atoms with E-state index in [1.54, 1.807) is 12.5 Å². The first-order chi connectivity index (χ1) is 12.4. The van der Waals surface area contributed by atoms with E-state index < -0.39 is 0 Å². The average Bonchev–Trinajstić information content (AvgIpc) is 3.32. The number of nitrogens with zero attached hydrogens (tertiary/aromatic N) is 4. The van der Waals surface area contributed by atoms with Crippen molar-refractivity contribution in [2.24, 2.45) is 0 Å². The molecule has 0 fully saturated rings. The monoisotopic (exact) mass is 330 g/mol. The van der Waals surface area contributed by atoms with E-state index in [0.29, 0.717) is 6.54 Å². The molecule has 25 heavy (non-hydrogen) atoms. The van der Waals surface area contributed by atoms with Gasteiger partial charge >= 0.3 is 0 Å². The van der Waals surface area contributed by atoms with Crippen molar-refractivity contribution in [3.63, 3.8) is 0 Å². The van der Waals surface area contributed by atoms with Gasteiger partial charge in [0.05, 0.1) is 12.8 Å². The topological polar surface area (TPSA) is 56.7 Å². The largest absolute Gasteiger partial charge is 0.467 e. The smallest absolute Gasteiger partial charge is 0.165 e. The Hall–Kier alpha value is -3.21. The number of pyridine rings is 1. The first kappa shape index (κ1) is 15.3.